The molecule has 0 atom stereocenters. The summed E-state index contributed by atoms with van der Waals surface area (Å²) < 4.78 is 0. The number of thiazole rings is 2. The largest absolute Gasteiger partial charge is 0.508 e. The van der Waals surface area contributed by atoms with E-state index in [0.717, 1.165) is 51.4 Å². The molecule has 14 heteroatoms. The predicted octanol–water partition coefficient (Wildman–Crippen LogP) is 5.92. The van der Waals surface area contributed by atoms with Gasteiger partial charge in [-0.05, 0) is 87.5 Å². The van der Waals surface area contributed by atoms with Crippen LogP contribution in [0.2, 0.25) is 0 Å². The highest BCUT2D eigenvalue weighted by molar-refractivity contribution is 7.14. The van der Waals surface area contributed by atoms with Gasteiger partial charge in [0.15, 0.2) is 10.3 Å². The van der Waals surface area contributed by atoms with E-state index < -0.39 is 0 Å². The number of amides is 2. The highest BCUT2D eigenvalue weighted by Crippen LogP contribution is 2.36. The number of hydrogen-bond donors (Lipinski definition) is 8. The number of aliphatic hydroxyl groups is 2. The van der Waals surface area contributed by atoms with Crippen LogP contribution in [0.3, 0.4) is 0 Å². The lowest BCUT2D eigenvalue weighted by Crippen LogP contribution is -2.28. The minimum atomic E-state index is -0.0551. The maximum Gasteiger partial charge on any atom is 0.229 e. The van der Waals surface area contributed by atoms with Crippen molar-refractivity contribution < 1.29 is 40.2 Å². The molecule has 0 aliphatic heterocycles. The Labute approximate surface area is 285 Å². The number of nitrogens with zero attached hydrogens (tertiary/aromatic N) is 2. The zero-order chi connectivity index (χ0) is 34.2. The number of nitrogens with one attached hydrogen (secondary N) is 2. The Bertz CT molecular complexity index is 1570. The number of benzene rings is 2. The number of phenols is 4. The highest BCUT2D eigenvalue weighted by Gasteiger charge is 2.28. The lowest BCUT2D eigenvalue weighted by molar-refractivity contribution is -0.121. The number of carbonyl (C=O) groups excluding carboxylic acids is 2. The molecule has 2 aliphatic carbocycles. The number of aromatic hydroxyl groups is 4. The fourth-order valence-corrected chi connectivity index (χ4v) is 7.44. The van der Waals surface area contributed by atoms with Crippen molar-refractivity contribution in [2.45, 2.75) is 51.4 Å². The maximum absolute atomic E-state index is 12.3. The number of aromatic nitrogens is 2. The number of carbonyl (C=O) groups is 2. The molecular weight excluding hydrogens is 657 g/mol. The lowest BCUT2D eigenvalue weighted by Gasteiger charge is -2.25. The Hall–Kier alpha value is -4.24. The molecule has 0 bridgehead atoms. The molecule has 0 radical (unpaired) electrons. The summed E-state index contributed by atoms with van der Waals surface area (Å²) in [6.07, 6.45) is 6.64. The van der Waals surface area contributed by atoms with E-state index in [1.54, 1.807) is 22.9 Å². The van der Waals surface area contributed by atoms with Crippen molar-refractivity contribution in [1.29, 1.82) is 0 Å². The van der Waals surface area contributed by atoms with Crippen molar-refractivity contribution >= 4 is 44.8 Å². The van der Waals surface area contributed by atoms with E-state index in [1.165, 1.54) is 46.9 Å². The highest BCUT2D eigenvalue weighted by atomic mass is 32.1. The smallest absolute Gasteiger partial charge is 0.229 e. The van der Waals surface area contributed by atoms with Gasteiger partial charge >= 0.3 is 0 Å². The Morgan fingerprint density at radius 3 is 1.33 bits per heavy atom. The van der Waals surface area contributed by atoms with Crippen LogP contribution in [-0.2, 0) is 9.59 Å². The first-order valence-corrected chi connectivity index (χ1v) is 17.7. The molecule has 6 rings (SSSR count). The van der Waals surface area contributed by atoms with Crippen molar-refractivity contribution in [3.63, 3.8) is 0 Å². The SMILES string of the molecule is O=C(Nc1nc(-c2ccc(O)cc2O)cs1)C1CCC(CO)CC1.O=C(Nc1nc(-c2ccc(O)cc2O)cs1)C1CCC(CO)CC1. The first-order chi connectivity index (χ1) is 23.1. The third-order valence-corrected chi connectivity index (χ3v) is 10.5. The molecule has 2 aliphatic rings. The Morgan fingerprint density at radius 1 is 0.625 bits per heavy atom. The quantitative estimate of drug-likeness (QED) is 0.109. The molecule has 8 N–H and O–H groups in total. The molecule has 0 unspecified atom stereocenters. The maximum atomic E-state index is 12.3. The number of anilines is 2. The summed E-state index contributed by atoms with van der Waals surface area (Å²) in [5.41, 5.74) is 2.12. The van der Waals surface area contributed by atoms with Gasteiger partial charge in [0.2, 0.25) is 11.8 Å². The summed E-state index contributed by atoms with van der Waals surface area (Å²) >= 11 is 2.60. The molecule has 2 fully saturated rings. The molecule has 2 aromatic carbocycles. The van der Waals surface area contributed by atoms with Crippen LogP contribution in [0.4, 0.5) is 10.3 Å². The molecule has 2 aromatic heterocycles. The van der Waals surface area contributed by atoms with E-state index >= 15 is 0 Å². The average molecular weight is 697 g/mol. The van der Waals surface area contributed by atoms with Crippen molar-refractivity contribution in [2.24, 2.45) is 23.7 Å². The van der Waals surface area contributed by atoms with E-state index in [1.807, 2.05) is 0 Å². The Morgan fingerprint density at radius 2 is 1.00 bits per heavy atom. The Balaban J connectivity index is 0.000000188. The van der Waals surface area contributed by atoms with Crippen LogP contribution in [0.1, 0.15) is 51.4 Å². The minimum Gasteiger partial charge on any atom is -0.508 e. The molecule has 48 heavy (non-hydrogen) atoms. The zero-order valence-electron chi connectivity index (χ0n) is 26.2. The third kappa shape index (κ3) is 9.01. The van der Waals surface area contributed by atoms with Gasteiger partial charge in [0.1, 0.15) is 23.0 Å². The molecule has 2 amide bonds. The first kappa shape index (κ1) is 35.1. The topological polar surface area (TPSA) is 205 Å². The molecule has 0 saturated heterocycles. The number of rotatable bonds is 8. The number of phenolic OH excluding ortho intramolecular Hbond substituents is 4. The van der Waals surface area contributed by atoms with Gasteiger partial charge in [0, 0.05) is 59.1 Å². The van der Waals surface area contributed by atoms with Crippen LogP contribution in [0.25, 0.3) is 22.5 Å². The van der Waals surface area contributed by atoms with Gasteiger partial charge in [-0.1, -0.05) is 0 Å². The van der Waals surface area contributed by atoms with Gasteiger partial charge in [-0.2, -0.15) is 0 Å². The average Bonchev–Trinajstić information content (AvgIpc) is 3.75. The Kier molecular flexibility index (Phi) is 11.9. The third-order valence-electron chi connectivity index (χ3n) is 8.93. The molecule has 0 spiro atoms. The predicted molar refractivity (Wildman–Crippen MR) is 184 cm³/mol. The fraction of sp³-hybridized carbons (Fsp3) is 0.412. The van der Waals surface area contributed by atoms with Crippen molar-refractivity contribution in [2.75, 3.05) is 23.8 Å². The van der Waals surface area contributed by atoms with Crippen LogP contribution in [0.5, 0.6) is 23.0 Å². The summed E-state index contributed by atoms with van der Waals surface area (Å²) in [5, 5.41) is 66.9. The van der Waals surface area contributed by atoms with Gasteiger partial charge in [-0.25, -0.2) is 9.97 Å². The van der Waals surface area contributed by atoms with E-state index in [2.05, 4.69) is 20.6 Å². The van der Waals surface area contributed by atoms with E-state index in [9.17, 15) is 30.0 Å². The second kappa shape index (κ2) is 16.2. The van der Waals surface area contributed by atoms with Crippen LogP contribution in [0.15, 0.2) is 47.2 Å². The molecule has 2 saturated carbocycles. The molecule has 4 aromatic rings. The molecular formula is C34H40N4O8S2. The number of aliphatic hydroxyl groups excluding tert-OH is 2. The zero-order valence-corrected chi connectivity index (χ0v) is 27.8. The van der Waals surface area contributed by atoms with E-state index in [0.29, 0.717) is 44.6 Å². The van der Waals surface area contributed by atoms with Crippen LogP contribution in [0, 0.1) is 23.7 Å². The van der Waals surface area contributed by atoms with Crippen LogP contribution in [-0.4, -0.2) is 65.6 Å². The summed E-state index contributed by atoms with van der Waals surface area (Å²) in [4.78, 5) is 33.3. The lowest BCUT2D eigenvalue weighted by atomic mass is 9.82. The van der Waals surface area contributed by atoms with E-state index in [4.69, 9.17) is 10.2 Å². The molecule has 12 nitrogen and oxygen atoms in total. The van der Waals surface area contributed by atoms with Crippen molar-refractivity contribution in [3.05, 3.63) is 47.2 Å². The summed E-state index contributed by atoms with van der Waals surface area (Å²) in [7, 11) is 0. The normalized spacial score (nSPS) is 20.7. The first-order valence-electron chi connectivity index (χ1n) is 15.9. The molecule has 2 heterocycles. The summed E-state index contributed by atoms with van der Waals surface area (Å²) in [6, 6.07) is 8.64. The standard InChI is InChI=1S/2C17H20N2O4S/c2*20-8-10-1-3-11(4-2-10)16(23)19-17-18-14(9-24-17)13-6-5-12(21)7-15(13)22/h2*5-7,9-11,20-22H,1-4,8H2,(H,18,19,23). The van der Waals surface area contributed by atoms with Gasteiger partial charge < -0.3 is 41.3 Å². The van der Waals surface area contributed by atoms with Crippen molar-refractivity contribution in [3.8, 4) is 45.5 Å². The van der Waals surface area contributed by atoms with Gasteiger partial charge in [-0.3, -0.25) is 9.59 Å². The summed E-state index contributed by atoms with van der Waals surface area (Å²) in [6.45, 7) is 0.389. The fourth-order valence-electron chi connectivity index (χ4n) is 6.01. The second-order valence-corrected chi connectivity index (χ2v) is 14.0. The second-order valence-electron chi connectivity index (χ2n) is 12.3. The van der Waals surface area contributed by atoms with Gasteiger partial charge in [0.25, 0.3) is 0 Å². The van der Waals surface area contributed by atoms with Gasteiger partial charge in [0.05, 0.1) is 11.4 Å². The number of hydrogen-bond acceptors (Lipinski definition) is 12. The minimum absolute atomic E-state index is 0.0153. The van der Waals surface area contributed by atoms with Crippen molar-refractivity contribution in [1.82, 2.24) is 9.97 Å². The van der Waals surface area contributed by atoms with E-state index in [-0.39, 0.29) is 59.9 Å². The van der Waals surface area contributed by atoms with Crippen LogP contribution < -0.4 is 10.6 Å². The van der Waals surface area contributed by atoms with Gasteiger partial charge in [-0.15, -0.1) is 22.7 Å². The monoisotopic (exact) mass is 696 g/mol. The summed E-state index contributed by atoms with van der Waals surface area (Å²) in [5.74, 6) is 0.336. The van der Waals surface area contributed by atoms with Crippen LogP contribution >= 0.6 is 22.7 Å². The molecule has 256 valence electrons.